The molecule has 8 nitrogen and oxygen atoms in total. The van der Waals surface area contributed by atoms with E-state index in [1.54, 1.807) is 23.1 Å². The molecule has 11 heteroatoms. The maximum absolute atomic E-state index is 14.1. The molecule has 0 spiro atoms. The maximum atomic E-state index is 14.1. The lowest BCUT2D eigenvalue weighted by Gasteiger charge is -2.29. The first-order valence-electron chi connectivity index (χ1n) is 11.8. The monoisotopic (exact) mass is 514 g/mol. The number of amides is 1. The van der Waals surface area contributed by atoms with Gasteiger partial charge in [-0.15, -0.1) is 0 Å². The van der Waals surface area contributed by atoms with Crippen molar-refractivity contribution < 1.29 is 27.4 Å². The highest BCUT2D eigenvalue weighted by atomic mass is 19.4. The van der Waals surface area contributed by atoms with Crippen LogP contribution in [0.5, 0.6) is 11.5 Å². The van der Waals surface area contributed by atoms with Crippen molar-refractivity contribution in [1.29, 1.82) is 0 Å². The van der Waals surface area contributed by atoms with Crippen molar-refractivity contribution in [3.05, 3.63) is 63.4 Å². The zero-order chi connectivity index (χ0) is 26.3. The molecule has 0 unspecified atom stereocenters. The molecule has 3 aromatic rings. The van der Waals surface area contributed by atoms with Crippen LogP contribution in [0.15, 0.2) is 41.2 Å². The van der Waals surface area contributed by atoms with Gasteiger partial charge in [-0.3, -0.25) is 9.59 Å². The van der Waals surface area contributed by atoms with Crippen LogP contribution in [0.3, 0.4) is 0 Å². The summed E-state index contributed by atoms with van der Waals surface area (Å²) in [6.07, 6.45) is -3.01. The number of piperazine rings is 1. The summed E-state index contributed by atoms with van der Waals surface area (Å²) in [5.41, 5.74) is 0.588. The molecule has 2 aliphatic rings. The highest BCUT2D eigenvalue weighted by Gasteiger charge is 2.36. The number of aromatic nitrogens is 2. The van der Waals surface area contributed by atoms with E-state index in [9.17, 15) is 22.8 Å². The van der Waals surface area contributed by atoms with E-state index in [4.69, 9.17) is 9.47 Å². The first kappa shape index (κ1) is 24.7. The number of benzene rings is 2. The summed E-state index contributed by atoms with van der Waals surface area (Å²) in [6, 6.07) is 8.65. The molecule has 1 fully saturated rings. The third-order valence-corrected chi connectivity index (χ3v) is 6.70. The second kappa shape index (κ2) is 9.45. The summed E-state index contributed by atoms with van der Waals surface area (Å²) in [6.45, 7) is 0.804. The van der Waals surface area contributed by atoms with E-state index in [1.165, 1.54) is 26.4 Å². The standard InChI is InChI=1S/C26H25F3N4O4/c1-36-17-10-15(11-18(13-17)37-2)24-19-4-3-5-20(19)25(35)33(31-24)22-12-16(6-7-21(22)26(27,28)29)32-9-8-30-23(34)14-32/h6-7,10-13H,3-5,8-9,14H2,1-2H3,(H,30,34). The zero-order valence-corrected chi connectivity index (χ0v) is 20.3. The molecule has 1 amide bonds. The van der Waals surface area contributed by atoms with E-state index < -0.39 is 17.3 Å². The van der Waals surface area contributed by atoms with Gasteiger partial charge >= 0.3 is 6.18 Å². The predicted molar refractivity (Wildman–Crippen MR) is 131 cm³/mol. The Morgan fingerprint density at radius 3 is 2.32 bits per heavy atom. The Kier molecular flexibility index (Phi) is 6.30. The molecule has 2 aromatic carbocycles. The average Bonchev–Trinajstić information content (AvgIpc) is 3.38. The lowest BCUT2D eigenvalue weighted by molar-refractivity contribution is -0.137. The number of nitrogens with zero attached hydrogens (tertiary/aromatic N) is 3. The molecule has 1 aliphatic heterocycles. The third kappa shape index (κ3) is 4.61. The first-order chi connectivity index (χ1) is 17.7. The van der Waals surface area contributed by atoms with Crippen molar-refractivity contribution in [1.82, 2.24) is 15.1 Å². The highest BCUT2D eigenvalue weighted by molar-refractivity contribution is 5.83. The van der Waals surface area contributed by atoms with Crippen molar-refractivity contribution in [3.63, 3.8) is 0 Å². The second-order valence-corrected chi connectivity index (χ2v) is 8.95. The van der Waals surface area contributed by atoms with Gasteiger partial charge in [-0.2, -0.15) is 23.0 Å². The largest absolute Gasteiger partial charge is 0.497 e. The van der Waals surface area contributed by atoms with Crippen LogP contribution >= 0.6 is 0 Å². The van der Waals surface area contributed by atoms with Gasteiger partial charge in [0.15, 0.2) is 0 Å². The fraction of sp³-hybridized carbons (Fsp3) is 0.346. The number of carbonyl (C=O) groups excluding carboxylic acids is 1. The molecule has 0 radical (unpaired) electrons. The molecule has 0 saturated carbocycles. The second-order valence-electron chi connectivity index (χ2n) is 8.95. The number of methoxy groups -OCH3 is 2. The number of anilines is 1. The molecule has 1 N–H and O–H groups in total. The van der Waals surface area contributed by atoms with Gasteiger partial charge in [0.2, 0.25) is 5.91 Å². The van der Waals surface area contributed by atoms with Gasteiger partial charge in [0.1, 0.15) is 11.5 Å². The minimum absolute atomic E-state index is 0.00613. The molecular weight excluding hydrogens is 489 g/mol. The Morgan fingerprint density at radius 2 is 1.68 bits per heavy atom. The van der Waals surface area contributed by atoms with E-state index in [0.29, 0.717) is 71.9 Å². The van der Waals surface area contributed by atoms with E-state index >= 15 is 0 Å². The third-order valence-electron chi connectivity index (χ3n) is 6.70. The number of fused-ring (bicyclic) bond motifs is 1. The molecule has 194 valence electrons. The number of halogens is 3. The first-order valence-corrected chi connectivity index (χ1v) is 11.8. The molecular formula is C26H25F3N4O4. The Balaban J connectivity index is 1.75. The summed E-state index contributed by atoms with van der Waals surface area (Å²) in [4.78, 5) is 27.1. The molecule has 0 bridgehead atoms. The van der Waals surface area contributed by atoms with Gasteiger partial charge < -0.3 is 19.7 Å². The van der Waals surface area contributed by atoms with Crippen LogP contribution < -0.4 is 25.2 Å². The number of hydrogen-bond donors (Lipinski definition) is 1. The SMILES string of the molecule is COc1cc(OC)cc(-c2nn(-c3cc(N4CCNC(=O)C4)ccc3C(F)(F)F)c(=O)c3c2CCC3)c1. The molecule has 1 aromatic heterocycles. The number of alkyl halides is 3. The summed E-state index contributed by atoms with van der Waals surface area (Å²) >= 11 is 0. The van der Waals surface area contributed by atoms with Crippen molar-refractivity contribution in [2.45, 2.75) is 25.4 Å². The van der Waals surface area contributed by atoms with Crippen LogP contribution in [0.25, 0.3) is 16.9 Å². The van der Waals surface area contributed by atoms with Gasteiger partial charge in [-0.25, -0.2) is 0 Å². The Hall–Kier alpha value is -4.02. The van der Waals surface area contributed by atoms with Gasteiger partial charge in [0.05, 0.1) is 37.7 Å². The molecule has 1 aliphatic carbocycles. The van der Waals surface area contributed by atoms with E-state index in [2.05, 4.69) is 10.4 Å². The van der Waals surface area contributed by atoms with Crippen LogP contribution in [0, 0.1) is 0 Å². The Labute approximate surface area is 210 Å². The van der Waals surface area contributed by atoms with Crippen LogP contribution in [0.4, 0.5) is 18.9 Å². The topological polar surface area (TPSA) is 85.7 Å². The normalized spacial score (nSPS) is 15.4. The van der Waals surface area contributed by atoms with Crippen LogP contribution in [-0.4, -0.2) is 49.5 Å². The van der Waals surface area contributed by atoms with E-state index in [-0.39, 0.29) is 18.1 Å². The van der Waals surface area contributed by atoms with Gasteiger partial charge in [0.25, 0.3) is 5.56 Å². The number of rotatable bonds is 5. The van der Waals surface area contributed by atoms with Gasteiger partial charge in [-0.1, -0.05) is 0 Å². The van der Waals surface area contributed by atoms with E-state index in [0.717, 1.165) is 10.7 Å². The van der Waals surface area contributed by atoms with Crippen molar-refractivity contribution in [2.24, 2.45) is 0 Å². The number of hydrogen-bond acceptors (Lipinski definition) is 6. The molecule has 0 atom stereocenters. The van der Waals surface area contributed by atoms with Crippen molar-refractivity contribution >= 4 is 11.6 Å². The van der Waals surface area contributed by atoms with Crippen molar-refractivity contribution in [3.8, 4) is 28.4 Å². The minimum atomic E-state index is -4.73. The summed E-state index contributed by atoms with van der Waals surface area (Å²) in [5, 5.41) is 7.20. The Bertz CT molecular complexity index is 1410. The quantitative estimate of drug-likeness (QED) is 0.562. The maximum Gasteiger partial charge on any atom is 0.418 e. The van der Waals surface area contributed by atoms with Crippen LogP contribution in [0.1, 0.15) is 23.1 Å². The number of carbonyl (C=O) groups is 1. The molecule has 1 saturated heterocycles. The van der Waals surface area contributed by atoms with Crippen LogP contribution in [0.2, 0.25) is 0 Å². The fourth-order valence-corrected chi connectivity index (χ4v) is 4.90. The number of ether oxygens (including phenoxy) is 2. The summed E-state index contributed by atoms with van der Waals surface area (Å²) in [5.74, 6) is 0.749. The molecule has 37 heavy (non-hydrogen) atoms. The Morgan fingerprint density at radius 1 is 0.973 bits per heavy atom. The smallest absolute Gasteiger partial charge is 0.418 e. The molecule has 5 rings (SSSR count). The molecule has 2 heterocycles. The summed E-state index contributed by atoms with van der Waals surface area (Å²) < 4.78 is 54.0. The predicted octanol–water partition coefficient (Wildman–Crippen LogP) is 3.36. The lowest BCUT2D eigenvalue weighted by Crippen LogP contribution is -2.47. The van der Waals surface area contributed by atoms with Crippen molar-refractivity contribution in [2.75, 3.05) is 38.8 Å². The number of nitrogens with one attached hydrogen (secondary N) is 1. The zero-order valence-electron chi connectivity index (χ0n) is 20.3. The van der Waals surface area contributed by atoms with Gasteiger partial charge in [0, 0.05) is 36.0 Å². The lowest BCUT2D eigenvalue weighted by atomic mass is 10.0. The average molecular weight is 515 g/mol. The summed E-state index contributed by atoms with van der Waals surface area (Å²) in [7, 11) is 3.00. The van der Waals surface area contributed by atoms with Gasteiger partial charge in [-0.05, 0) is 55.2 Å². The van der Waals surface area contributed by atoms with E-state index in [1.807, 2.05) is 0 Å². The van der Waals surface area contributed by atoms with Crippen LogP contribution in [-0.2, 0) is 23.8 Å². The fourth-order valence-electron chi connectivity index (χ4n) is 4.90. The minimum Gasteiger partial charge on any atom is -0.497 e. The highest BCUT2D eigenvalue weighted by Crippen LogP contribution is 2.38.